The Bertz CT molecular complexity index is 69.4. The van der Waals surface area contributed by atoms with Gasteiger partial charge in [-0.05, 0) is 6.42 Å². The van der Waals surface area contributed by atoms with Crippen LogP contribution in [0.3, 0.4) is 0 Å². The van der Waals surface area contributed by atoms with E-state index in [-0.39, 0.29) is 18.4 Å². The largest absolute Gasteiger partial charge is 0.371 e. The van der Waals surface area contributed by atoms with Crippen LogP contribution in [0.4, 0.5) is 0 Å². The number of hydroxylamine groups is 1. The van der Waals surface area contributed by atoms with Crippen molar-refractivity contribution < 1.29 is 9.63 Å². The first-order valence-electron chi connectivity index (χ1n) is 2.67. The quantitative estimate of drug-likeness (QED) is 0.612. The zero-order valence-electron chi connectivity index (χ0n) is 5.64. The van der Waals surface area contributed by atoms with Crippen LogP contribution in [0.5, 0.6) is 0 Å². The molecule has 0 amide bonds. The maximum absolute atomic E-state index is 10.4. The van der Waals surface area contributed by atoms with Crippen molar-refractivity contribution in [2.75, 3.05) is 7.05 Å². The number of carbonyl (C=O) groups is 1. The fourth-order valence-corrected chi connectivity index (χ4v) is 0.369. The third kappa shape index (κ3) is 7.72. The fraction of sp³-hybridized carbons (Fsp3) is 0.800. The van der Waals surface area contributed by atoms with E-state index < -0.39 is 0 Å². The van der Waals surface area contributed by atoms with E-state index in [0.29, 0.717) is 6.42 Å². The molecular formula is C5H12ClNO2. The standard InChI is InChI=1S/C5H11NO2.ClH/c1-3-4-5(7)8-6-2;/h6H,3-4H2,1-2H3;1H. The molecule has 0 atom stereocenters. The first kappa shape index (κ1) is 11.5. The molecule has 0 saturated heterocycles. The Morgan fingerprint density at radius 1 is 1.67 bits per heavy atom. The van der Waals surface area contributed by atoms with Crippen LogP contribution in [0.2, 0.25) is 0 Å². The summed E-state index contributed by atoms with van der Waals surface area (Å²) in [5.41, 5.74) is 2.30. The van der Waals surface area contributed by atoms with Crippen molar-refractivity contribution in [2.45, 2.75) is 19.8 Å². The summed E-state index contributed by atoms with van der Waals surface area (Å²) in [5, 5.41) is 0. The molecule has 0 fully saturated rings. The number of nitrogens with one attached hydrogen (secondary N) is 1. The molecular weight excluding hydrogens is 142 g/mol. The molecule has 0 aromatic rings. The molecule has 1 N–H and O–H groups in total. The van der Waals surface area contributed by atoms with E-state index in [9.17, 15) is 4.79 Å². The summed E-state index contributed by atoms with van der Waals surface area (Å²) in [6.07, 6.45) is 1.32. The van der Waals surface area contributed by atoms with Gasteiger partial charge in [-0.3, -0.25) is 4.79 Å². The third-order valence-electron chi connectivity index (χ3n) is 0.670. The summed E-state index contributed by atoms with van der Waals surface area (Å²) in [6, 6.07) is 0. The monoisotopic (exact) mass is 153 g/mol. The number of halogens is 1. The summed E-state index contributed by atoms with van der Waals surface area (Å²) < 4.78 is 0. The molecule has 0 aliphatic carbocycles. The Morgan fingerprint density at radius 2 is 2.22 bits per heavy atom. The highest BCUT2D eigenvalue weighted by Gasteiger charge is 1.95. The maximum atomic E-state index is 10.4. The van der Waals surface area contributed by atoms with Crippen LogP contribution < -0.4 is 5.48 Å². The molecule has 0 aromatic carbocycles. The molecule has 0 saturated carbocycles. The van der Waals surface area contributed by atoms with Gasteiger partial charge in [-0.1, -0.05) is 6.92 Å². The third-order valence-corrected chi connectivity index (χ3v) is 0.670. The van der Waals surface area contributed by atoms with E-state index in [0.717, 1.165) is 6.42 Å². The van der Waals surface area contributed by atoms with Crippen molar-refractivity contribution in [1.29, 1.82) is 0 Å². The van der Waals surface area contributed by atoms with Crippen LogP contribution in [0.25, 0.3) is 0 Å². The number of carbonyl (C=O) groups excluding carboxylic acids is 1. The van der Waals surface area contributed by atoms with Gasteiger partial charge in [0.25, 0.3) is 0 Å². The van der Waals surface area contributed by atoms with E-state index in [1.165, 1.54) is 0 Å². The van der Waals surface area contributed by atoms with Crippen LogP contribution in [0, 0.1) is 0 Å². The van der Waals surface area contributed by atoms with E-state index in [1.54, 1.807) is 7.05 Å². The zero-order chi connectivity index (χ0) is 6.41. The van der Waals surface area contributed by atoms with Crippen molar-refractivity contribution in [3.63, 3.8) is 0 Å². The van der Waals surface area contributed by atoms with E-state index in [4.69, 9.17) is 0 Å². The Balaban J connectivity index is 0. The molecule has 0 aliphatic rings. The van der Waals surface area contributed by atoms with Gasteiger partial charge in [-0.15, -0.1) is 12.4 Å². The SMILES string of the molecule is CCCC(=O)ONC.Cl. The molecule has 9 heavy (non-hydrogen) atoms. The summed E-state index contributed by atoms with van der Waals surface area (Å²) in [5.74, 6) is -0.199. The summed E-state index contributed by atoms with van der Waals surface area (Å²) in [6.45, 7) is 1.93. The Kier molecular flexibility index (Phi) is 9.87. The topological polar surface area (TPSA) is 38.3 Å². The van der Waals surface area contributed by atoms with Gasteiger partial charge >= 0.3 is 5.97 Å². The molecule has 0 aliphatic heterocycles. The van der Waals surface area contributed by atoms with Gasteiger partial charge in [0.15, 0.2) is 0 Å². The average Bonchev–Trinajstić information content (AvgIpc) is 1.68. The molecule has 0 unspecified atom stereocenters. The van der Waals surface area contributed by atoms with Crippen LogP contribution >= 0.6 is 12.4 Å². The van der Waals surface area contributed by atoms with Crippen molar-refractivity contribution in [2.24, 2.45) is 0 Å². The lowest BCUT2D eigenvalue weighted by Gasteiger charge is -1.96. The molecule has 0 spiro atoms. The normalized spacial score (nSPS) is 7.78. The van der Waals surface area contributed by atoms with Gasteiger partial charge in [0.1, 0.15) is 0 Å². The minimum atomic E-state index is -0.199. The average molecular weight is 154 g/mol. The fourth-order valence-electron chi connectivity index (χ4n) is 0.369. The molecule has 4 heteroatoms. The van der Waals surface area contributed by atoms with Crippen LogP contribution in [-0.2, 0) is 9.63 Å². The lowest BCUT2D eigenvalue weighted by Crippen LogP contribution is -2.14. The minimum absolute atomic E-state index is 0. The molecule has 0 bridgehead atoms. The molecule has 56 valence electrons. The second kappa shape index (κ2) is 7.72. The van der Waals surface area contributed by atoms with Crippen molar-refractivity contribution in [3.8, 4) is 0 Å². The van der Waals surface area contributed by atoms with E-state index in [1.807, 2.05) is 6.92 Å². The minimum Gasteiger partial charge on any atom is -0.371 e. The first-order valence-corrected chi connectivity index (χ1v) is 2.67. The Labute approximate surface area is 61.1 Å². The van der Waals surface area contributed by atoms with Gasteiger partial charge in [0.2, 0.25) is 0 Å². The highest BCUT2D eigenvalue weighted by atomic mass is 35.5. The molecule has 0 radical (unpaired) electrons. The van der Waals surface area contributed by atoms with Crippen LogP contribution in [0.1, 0.15) is 19.8 Å². The maximum Gasteiger partial charge on any atom is 0.324 e. The Morgan fingerprint density at radius 3 is 2.56 bits per heavy atom. The Hall–Kier alpha value is -0.280. The van der Waals surface area contributed by atoms with Gasteiger partial charge < -0.3 is 4.84 Å². The summed E-state index contributed by atoms with van der Waals surface area (Å²) in [7, 11) is 1.56. The van der Waals surface area contributed by atoms with Crippen molar-refractivity contribution >= 4 is 18.4 Å². The second-order valence-electron chi connectivity index (χ2n) is 1.43. The van der Waals surface area contributed by atoms with E-state index in [2.05, 4.69) is 10.3 Å². The molecule has 0 rings (SSSR count). The van der Waals surface area contributed by atoms with Crippen LogP contribution in [-0.4, -0.2) is 13.0 Å². The van der Waals surface area contributed by atoms with Gasteiger partial charge in [-0.25, -0.2) is 0 Å². The lowest BCUT2D eigenvalue weighted by molar-refractivity contribution is -0.149. The first-order chi connectivity index (χ1) is 3.81. The van der Waals surface area contributed by atoms with Crippen molar-refractivity contribution in [3.05, 3.63) is 0 Å². The summed E-state index contributed by atoms with van der Waals surface area (Å²) >= 11 is 0. The second-order valence-corrected chi connectivity index (χ2v) is 1.43. The van der Waals surface area contributed by atoms with Crippen LogP contribution in [0.15, 0.2) is 0 Å². The number of rotatable bonds is 3. The summed E-state index contributed by atoms with van der Waals surface area (Å²) in [4.78, 5) is 14.8. The molecule has 0 aromatic heterocycles. The van der Waals surface area contributed by atoms with E-state index >= 15 is 0 Å². The van der Waals surface area contributed by atoms with Gasteiger partial charge in [0, 0.05) is 13.5 Å². The molecule has 3 nitrogen and oxygen atoms in total. The molecule has 0 heterocycles. The van der Waals surface area contributed by atoms with Crippen molar-refractivity contribution in [1.82, 2.24) is 5.48 Å². The van der Waals surface area contributed by atoms with Gasteiger partial charge in [0.05, 0.1) is 0 Å². The predicted octanol–water partition coefficient (Wildman–Crippen LogP) is 0.886. The number of hydrogen-bond acceptors (Lipinski definition) is 3. The zero-order valence-corrected chi connectivity index (χ0v) is 6.46. The van der Waals surface area contributed by atoms with Gasteiger partial charge in [-0.2, -0.15) is 5.48 Å². The lowest BCUT2D eigenvalue weighted by atomic mass is 10.3. The smallest absolute Gasteiger partial charge is 0.324 e. The highest BCUT2D eigenvalue weighted by molar-refractivity contribution is 5.85. The number of hydrogen-bond donors (Lipinski definition) is 1. The highest BCUT2D eigenvalue weighted by Crippen LogP contribution is 1.86. The predicted molar refractivity (Wildman–Crippen MR) is 37.3 cm³/mol.